The van der Waals surface area contributed by atoms with Gasteiger partial charge in [0.05, 0.1) is 13.5 Å². The number of carbonyl (C=O) groups excluding carboxylic acids is 1. The number of ether oxygens (including phenoxy) is 1. The van der Waals surface area contributed by atoms with Crippen molar-refractivity contribution in [2.24, 2.45) is 5.73 Å². The minimum atomic E-state index is -0.201. The monoisotopic (exact) mass is 284 g/mol. The number of para-hydroxylation sites is 1. The highest BCUT2D eigenvalue weighted by Gasteiger charge is 2.10. The van der Waals surface area contributed by atoms with E-state index in [1.807, 2.05) is 54.6 Å². The van der Waals surface area contributed by atoms with Gasteiger partial charge >= 0.3 is 0 Å². The summed E-state index contributed by atoms with van der Waals surface area (Å²) in [5.74, 6) is 0.658. The molecule has 21 heavy (non-hydrogen) atoms. The lowest BCUT2D eigenvalue weighted by atomic mass is 10.1. The van der Waals surface area contributed by atoms with Crippen molar-refractivity contribution in [3.63, 3.8) is 0 Å². The number of carbonyl (C=O) groups is 1. The molecule has 110 valence electrons. The highest BCUT2D eigenvalue weighted by Crippen LogP contribution is 2.17. The number of methoxy groups -OCH3 is 1. The normalized spacial score (nSPS) is 11.7. The lowest BCUT2D eigenvalue weighted by molar-refractivity contribution is -0.120. The topological polar surface area (TPSA) is 64.3 Å². The summed E-state index contributed by atoms with van der Waals surface area (Å²) in [6.07, 6.45) is 0.283. The largest absolute Gasteiger partial charge is 0.496 e. The zero-order valence-corrected chi connectivity index (χ0v) is 12.1. The molecular formula is C17H20N2O2. The highest BCUT2D eigenvalue weighted by atomic mass is 16.5. The molecule has 0 aliphatic heterocycles. The first-order chi connectivity index (χ1) is 10.2. The van der Waals surface area contributed by atoms with Gasteiger partial charge in [-0.1, -0.05) is 48.5 Å². The van der Waals surface area contributed by atoms with Crippen molar-refractivity contribution in [3.8, 4) is 5.75 Å². The van der Waals surface area contributed by atoms with Gasteiger partial charge in [-0.2, -0.15) is 0 Å². The van der Waals surface area contributed by atoms with Gasteiger partial charge in [0.2, 0.25) is 5.91 Å². The van der Waals surface area contributed by atoms with Gasteiger partial charge in [0, 0.05) is 18.2 Å². The summed E-state index contributed by atoms with van der Waals surface area (Å²) in [4.78, 5) is 12.0. The molecule has 3 N–H and O–H groups in total. The zero-order valence-electron chi connectivity index (χ0n) is 12.1. The Labute approximate surface area is 124 Å². The second-order valence-electron chi connectivity index (χ2n) is 4.81. The van der Waals surface area contributed by atoms with Crippen molar-refractivity contribution >= 4 is 5.91 Å². The third-order valence-corrected chi connectivity index (χ3v) is 3.29. The smallest absolute Gasteiger partial charge is 0.224 e. The molecular weight excluding hydrogens is 264 g/mol. The average Bonchev–Trinajstić information content (AvgIpc) is 2.54. The van der Waals surface area contributed by atoms with Crippen LogP contribution in [-0.4, -0.2) is 19.6 Å². The minimum Gasteiger partial charge on any atom is -0.496 e. The lowest BCUT2D eigenvalue weighted by Gasteiger charge is -2.14. The number of hydrogen-bond acceptors (Lipinski definition) is 3. The lowest BCUT2D eigenvalue weighted by Crippen LogP contribution is -2.32. The maximum absolute atomic E-state index is 12.0. The Kier molecular flexibility index (Phi) is 5.35. The molecule has 0 spiro atoms. The first-order valence-electron chi connectivity index (χ1n) is 6.90. The number of nitrogens with two attached hydrogens (primary N) is 1. The molecule has 0 aromatic heterocycles. The van der Waals surface area contributed by atoms with Crippen LogP contribution in [-0.2, 0) is 11.2 Å². The molecule has 0 saturated carbocycles. The van der Waals surface area contributed by atoms with Crippen LogP contribution in [0.2, 0.25) is 0 Å². The fourth-order valence-electron chi connectivity index (χ4n) is 2.13. The molecule has 1 atom stereocenters. The summed E-state index contributed by atoms with van der Waals surface area (Å²) in [6.45, 7) is 0.415. The Morgan fingerprint density at radius 1 is 1.14 bits per heavy atom. The summed E-state index contributed by atoms with van der Waals surface area (Å²) in [5, 5.41) is 2.86. The molecule has 0 bridgehead atoms. The van der Waals surface area contributed by atoms with Gasteiger partial charge in [-0.3, -0.25) is 4.79 Å². The molecule has 1 unspecified atom stereocenters. The molecule has 4 nitrogen and oxygen atoms in total. The Balaban J connectivity index is 1.88. The van der Waals surface area contributed by atoms with Crippen LogP contribution in [0.25, 0.3) is 0 Å². The van der Waals surface area contributed by atoms with Gasteiger partial charge in [0.15, 0.2) is 0 Å². The molecule has 2 rings (SSSR count). The van der Waals surface area contributed by atoms with Gasteiger partial charge in [0.25, 0.3) is 0 Å². The van der Waals surface area contributed by atoms with Crippen LogP contribution in [0.3, 0.4) is 0 Å². The fraction of sp³-hybridized carbons (Fsp3) is 0.235. The molecule has 0 aliphatic carbocycles. The SMILES string of the molecule is COc1ccccc1CC(=O)NCC(N)c1ccccc1. The van der Waals surface area contributed by atoms with Crippen LogP contribution in [0.5, 0.6) is 5.75 Å². The average molecular weight is 284 g/mol. The molecule has 2 aromatic carbocycles. The van der Waals surface area contributed by atoms with E-state index >= 15 is 0 Å². The second-order valence-corrected chi connectivity index (χ2v) is 4.81. The Bertz CT molecular complexity index is 584. The van der Waals surface area contributed by atoms with Crippen LogP contribution in [0.4, 0.5) is 0 Å². The van der Waals surface area contributed by atoms with Crippen molar-refractivity contribution in [1.29, 1.82) is 0 Å². The van der Waals surface area contributed by atoms with Gasteiger partial charge in [-0.25, -0.2) is 0 Å². The van der Waals surface area contributed by atoms with E-state index in [1.54, 1.807) is 7.11 Å². The van der Waals surface area contributed by atoms with Gasteiger partial charge in [-0.05, 0) is 11.6 Å². The van der Waals surface area contributed by atoms with E-state index in [2.05, 4.69) is 5.32 Å². The standard InChI is InChI=1S/C17H20N2O2/c1-21-16-10-6-5-9-14(16)11-17(20)19-12-15(18)13-7-3-2-4-8-13/h2-10,15H,11-12,18H2,1H3,(H,19,20). The molecule has 1 amide bonds. The van der Waals surface area contributed by atoms with E-state index in [-0.39, 0.29) is 18.4 Å². The van der Waals surface area contributed by atoms with Crippen LogP contribution in [0.15, 0.2) is 54.6 Å². The third kappa shape index (κ3) is 4.33. The van der Waals surface area contributed by atoms with Crippen molar-refractivity contribution in [2.45, 2.75) is 12.5 Å². The Morgan fingerprint density at radius 3 is 2.52 bits per heavy atom. The van der Waals surface area contributed by atoms with E-state index in [0.29, 0.717) is 6.54 Å². The third-order valence-electron chi connectivity index (χ3n) is 3.29. The highest BCUT2D eigenvalue weighted by molar-refractivity contribution is 5.79. The predicted molar refractivity (Wildman–Crippen MR) is 83.1 cm³/mol. The Hall–Kier alpha value is -2.33. The first-order valence-corrected chi connectivity index (χ1v) is 6.90. The van der Waals surface area contributed by atoms with E-state index < -0.39 is 0 Å². The van der Waals surface area contributed by atoms with Gasteiger partial charge in [-0.15, -0.1) is 0 Å². The number of benzene rings is 2. The minimum absolute atomic E-state index is 0.0640. The number of rotatable bonds is 6. The number of hydrogen-bond donors (Lipinski definition) is 2. The zero-order chi connectivity index (χ0) is 15.1. The van der Waals surface area contributed by atoms with E-state index in [4.69, 9.17) is 10.5 Å². The summed E-state index contributed by atoms with van der Waals surface area (Å²) in [7, 11) is 1.60. The number of amides is 1. The Morgan fingerprint density at radius 2 is 1.81 bits per heavy atom. The predicted octanol–water partition coefficient (Wildman–Crippen LogP) is 2.05. The summed E-state index contributed by atoms with van der Waals surface area (Å²) < 4.78 is 5.24. The summed E-state index contributed by atoms with van der Waals surface area (Å²) in [5.41, 5.74) is 7.93. The molecule has 0 aliphatic rings. The van der Waals surface area contributed by atoms with Gasteiger partial charge in [0.1, 0.15) is 5.75 Å². The molecule has 4 heteroatoms. The van der Waals surface area contributed by atoms with Crippen LogP contribution < -0.4 is 15.8 Å². The van der Waals surface area contributed by atoms with E-state index in [9.17, 15) is 4.79 Å². The maximum atomic E-state index is 12.0. The van der Waals surface area contributed by atoms with Crippen molar-refractivity contribution < 1.29 is 9.53 Å². The molecule has 0 saturated heterocycles. The first kappa shape index (κ1) is 15.1. The summed E-state index contributed by atoms with van der Waals surface area (Å²) >= 11 is 0. The quantitative estimate of drug-likeness (QED) is 0.853. The van der Waals surface area contributed by atoms with Crippen molar-refractivity contribution in [2.75, 3.05) is 13.7 Å². The summed E-state index contributed by atoms with van der Waals surface area (Å²) in [6, 6.07) is 17.0. The van der Waals surface area contributed by atoms with E-state index in [1.165, 1.54) is 0 Å². The van der Waals surface area contributed by atoms with Crippen LogP contribution >= 0.6 is 0 Å². The van der Waals surface area contributed by atoms with Gasteiger partial charge < -0.3 is 15.8 Å². The fourth-order valence-corrected chi connectivity index (χ4v) is 2.13. The second kappa shape index (κ2) is 7.45. The van der Waals surface area contributed by atoms with Crippen LogP contribution in [0.1, 0.15) is 17.2 Å². The molecule has 0 heterocycles. The maximum Gasteiger partial charge on any atom is 0.224 e. The van der Waals surface area contributed by atoms with Crippen molar-refractivity contribution in [1.82, 2.24) is 5.32 Å². The van der Waals surface area contributed by atoms with E-state index in [0.717, 1.165) is 16.9 Å². The van der Waals surface area contributed by atoms with Crippen molar-refractivity contribution in [3.05, 3.63) is 65.7 Å². The molecule has 0 radical (unpaired) electrons. The molecule has 2 aromatic rings. The van der Waals surface area contributed by atoms with Crippen LogP contribution in [0, 0.1) is 0 Å². The number of nitrogens with one attached hydrogen (secondary N) is 1. The molecule has 0 fully saturated rings.